The first-order chi connectivity index (χ1) is 15.4. The summed E-state index contributed by atoms with van der Waals surface area (Å²) < 4.78 is 26.3. The van der Waals surface area contributed by atoms with Gasteiger partial charge in [0.2, 0.25) is 7.44 Å². The van der Waals surface area contributed by atoms with Crippen LogP contribution in [0.15, 0.2) is 12.7 Å². The number of nitrogens with zero attached hydrogens (tertiary/aromatic N) is 4. The summed E-state index contributed by atoms with van der Waals surface area (Å²) in [6.45, 7) is 8.64. The number of rotatable bonds is 13. The SMILES string of the molecule is CC(C)OC(=O)[C@H](C)N[P@@](=O)(CO[C@H](C)Cn1cnc2c(N)ncnc21)N[C@@H](C)CC(=O)O. The van der Waals surface area contributed by atoms with E-state index in [0.717, 1.165) is 0 Å². The first kappa shape index (κ1) is 26.7. The molecule has 0 spiro atoms. The number of carbonyl (C=O) groups is 2. The zero-order valence-corrected chi connectivity index (χ0v) is 20.3. The van der Waals surface area contributed by atoms with E-state index in [1.807, 2.05) is 0 Å². The van der Waals surface area contributed by atoms with E-state index >= 15 is 0 Å². The smallest absolute Gasteiger partial charge is 0.323 e. The molecule has 0 saturated carbocycles. The Morgan fingerprint density at radius 3 is 2.52 bits per heavy atom. The van der Waals surface area contributed by atoms with Crippen molar-refractivity contribution in [3.8, 4) is 0 Å². The van der Waals surface area contributed by atoms with Crippen LogP contribution in [-0.2, 0) is 30.2 Å². The predicted molar refractivity (Wildman–Crippen MR) is 121 cm³/mol. The van der Waals surface area contributed by atoms with E-state index in [0.29, 0.717) is 17.7 Å². The van der Waals surface area contributed by atoms with Crippen LogP contribution < -0.4 is 15.9 Å². The quantitative estimate of drug-likeness (QED) is 0.236. The van der Waals surface area contributed by atoms with Crippen LogP contribution in [0.25, 0.3) is 11.2 Å². The largest absolute Gasteiger partial charge is 0.481 e. The molecule has 4 atom stereocenters. The molecular formula is C19H32N7O6P. The van der Waals surface area contributed by atoms with Crippen molar-refractivity contribution < 1.29 is 28.7 Å². The molecule has 33 heavy (non-hydrogen) atoms. The molecule has 0 aliphatic heterocycles. The van der Waals surface area contributed by atoms with Crippen LogP contribution in [0, 0.1) is 0 Å². The second-order valence-electron chi connectivity index (χ2n) is 8.14. The molecule has 0 amide bonds. The van der Waals surface area contributed by atoms with E-state index in [1.165, 1.54) is 13.3 Å². The number of nitrogens with two attached hydrogens (primary N) is 1. The molecule has 0 radical (unpaired) electrons. The standard InChI is InChI=1S/C19H32N7O6P/c1-11(2)32-19(29)14(5)25-33(30,24-12(3)6-15(27)28)10-31-13(4)7-26-9-23-16-17(20)21-8-22-18(16)26/h8-9,11-14H,6-7,10H2,1-5H3,(H,27,28)(H2,20,21,22)(H2,24,25,30)/t12-,13+,14-,33+/m0/s1. The predicted octanol–water partition coefficient (Wildman–Crippen LogP) is 1.35. The minimum absolute atomic E-state index is 0.256. The highest BCUT2D eigenvalue weighted by Crippen LogP contribution is 2.38. The van der Waals surface area contributed by atoms with Gasteiger partial charge < -0.3 is 24.9 Å². The maximum absolute atomic E-state index is 13.6. The van der Waals surface area contributed by atoms with Gasteiger partial charge in [-0.3, -0.25) is 14.2 Å². The topological polar surface area (TPSA) is 184 Å². The van der Waals surface area contributed by atoms with E-state index < -0.39 is 37.6 Å². The third kappa shape index (κ3) is 8.04. The lowest BCUT2D eigenvalue weighted by Crippen LogP contribution is -2.41. The van der Waals surface area contributed by atoms with Crippen molar-refractivity contribution in [3.63, 3.8) is 0 Å². The molecule has 14 heteroatoms. The molecule has 0 aliphatic carbocycles. The lowest BCUT2D eigenvalue weighted by Gasteiger charge is -2.28. The van der Waals surface area contributed by atoms with Crippen molar-refractivity contribution in [1.29, 1.82) is 0 Å². The van der Waals surface area contributed by atoms with Gasteiger partial charge in [0.25, 0.3) is 0 Å². The number of anilines is 1. The Kier molecular flexibility index (Phi) is 9.29. The molecule has 0 aromatic carbocycles. The fraction of sp³-hybridized carbons (Fsp3) is 0.632. The molecular weight excluding hydrogens is 453 g/mol. The molecule has 0 bridgehead atoms. The number of ether oxygens (including phenoxy) is 2. The molecule has 2 aromatic heterocycles. The molecule has 0 aliphatic rings. The maximum Gasteiger partial charge on any atom is 0.323 e. The number of carbonyl (C=O) groups excluding carboxylic acids is 1. The van der Waals surface area contributed by atoms with E-state index in [1.54, 1.807) is 38.6 Å². The average molecular weight is 485 g/mol. The van der Waals surface area contributed by atoms with Gasteiger partial charge in [-0.2, -0.15) is 0 Å². The van der Waals surface area contributed by atoms with Crippen LogP contribution in [0.5, 0.6) is 0 Å². The van der Waals surface area contributed by atoms with Gasteiger partial charge in [0.1, 0.15) is 24.2 Å². The zero-order valence-electron chi connectivity index (χ0n) is 19.4. The Labute approximate surface area is 191 Å². The van der Waals surface area contributed by atoms with Gasteiger partial charge in [0.15, 0.2) is 11.5 Å². The first-order valence-electron chi connectivity index (χ1n) is 10.5. The number of aliphatic carboxylic acids is 1. The van der Waals surface area contributed by atoms with Gasteiger partial charge in [-0.25, -0.2) is 25.1 Å². The maximum atomic E-state index is 13.6. The highest BCUT2D eigenvalue weighted by Gasteiger charge is 2.31. The third-order valence-corrected chi connectivity index (χ3v) is 6.62. The Hall–Kier alpha value is -2.60. The number of nitrogens with one attached hydrogen (secondary N) is 2. The summed E-state index contributed by atoms with van der Waals surface area (Å²) >= 11 is 0. The Bertz CT molecular complexity index is 1010. The summed E-state index contributed by atoms with van der Waals surface area (Å²) in [6.07, 6.45) is 1.59. The molecule has 0 saturated heterocycles. The van der Waals surface area contributed by atoms with E-state index in [9.17, 15) is 14.2 Å². The van der Waals surface area contributed by atoms with E-state index in [2.05, 4.69) is 25.1 Å². The van der Waals surface area contributed by atoms with Crippen LogP contribution >= 0.6 is 7.44 Å². The minimum Gasteiger partial charge on any atom is -0.481 e. The van der Waals surface area contributed by atoms with Crippen LogP contribution in [0.4, 0.5) is 5.82 Å². The molecule has 0 fully saturated rings. The highest BCUT2D eigenvalue weighted by atomic mass is 31.2. The van der Waals surface area contributed by atoms with Gasteiger partial charge in [0.05, 0.1) is 31.5 Å². The molecule has 184 valence electrons. The second kappa shape index (κ2) is 11.5. The van der Waals surface area contributed by atoms with Crippen molar-refractivity contribution >= 4 is 36.4 Å². The number of imidazole rings is 1. The fourth-order valence-electron chi connectivity index (χ4n) is 3.07. The van der Waals surface area contributed by atoms with Gasteiger partial charge in [-0.1, -0.05) is 0 Å². The number of esters is 1. The molecule has 2 aromatic rings. The molecule has 2 heterocycles. The average Bonchev–Trinajstić information content (AvgIpc) is 3.09. The summed E-state index contributed by atoms with van der Waals surface area (Å²) in [5.74, 6) is -1.36. The van der Waals surface area contributed by atoms with E-state index in [4.69, 9.17) is 20.3 Å². The Morgan fingerprint density at radius 1 is 1.18 bits per heavy atom. The number of aromatic nitrogens is 4. The Balaban J connectivity index is 2.08. The minimum atomic E-state index is -3.54. The summed E-state index contributed by atoms with van der Waals surface area (Å²) in [5.41, 5.74) is 6.82. The van der Waals surface area contributed by atoms with Crippen molar-refractivity contribution in [2.24, 2.45) is 0 Å². The highest BCUT2D eigenvalue weighted by molar-refractivity contribution is 7.59. The summed E-state index contributed by atoms with van der Waals surface area (Å²) in [7, 11) is -3.54. The van der Waals surface area contributed by atoms with Gasteiger partial charge in [0, 0.05) is 6.04 Å². The monoisotopic (exact) mass is 485 g/mol. The fourth-order valence-corrected chi connectivity index (χ4v) is 5.29. The van der Waals surface area contributed by atoms with E-state index in [-0.39, 0.29) is 24.7 Å². The number of fused-ring (bicyclic) bond motifs is 1. The van der Waals surface area contributed by atoms with Gasteiger partial charge in [-0.15, -0.1) is 0 Å². The van der Waals surface area contributed by atoms with Crippen molar-refractivity contribution in [1.82, 2.24) is 29.7 Å². The summed E-state index contributed by atoms with van der Waals surface area (Å²) in [5, 5.41) is 14.6. The lowest BCUT2D eigenvalue weighted by molar-refractivity contribution is -0.149. The van der Waals surface area contributed by atoms with Gasteiger partial charge in [-0.05, 0) is 34.6 Å². The van der Waals surface area contributed by atoms with Crippen LogP contribution in [-0.4, -0.2) is 67.2 Å². The number of hydrogen-bond donors (Lipinski definition) is 4. The number of carboxylic acid groups (broad SMARTS) is 1. The normalized spacial score (nSPS) is 16.3. The number of hydrogen-bond acceptors (Lipinski definition) is 9. The molecule has 5 N–H and O–H groups in total. The second-order valence-corrected chi connectivity index (χ2v) is 10.4. The first-order valence-corrected chi connectivity index (χ1v) is 12.4. The van der Waals surface area contributed by atoms with Crippen molar-refractivity contribution in [2.45, 2.75) is 71.9 Å². The van der Waals surface area contributed by atoms with Gasteiger partial charge >= 0.3 is 11.9 Å². The van der Waals surface area contributed by atoms with Crippen molar-refractivity contribution in [2.75, 3.05) is 12.1 Å². The number of nitrogen functional groups attached to an aromatic ring is 1. The van der Waals surface area contributed by atoms with Crippen LogP contribution in [0.3, 0.4) is 0 Å². The molecule has 13 nitrogen and oxygen atoms in total. The molecule has 2 rings (SSSR count). The number of carboxylic acids is 1. The third-order valence-electron chi connectivity index (χ3n) is 4.44. The van der Waals surface area contributed by atoms with Crippen LogP contribution in [0.2, 0.25) is 0 Å². The zero-order chi connectivity index (χ0) is 24.8. The van der Waals surface area contributed by atoms with Crippen molar-refractivity contribution in [3.05, 3.63) is 12.7 Å². The van der Waals surface area contributed by atoms with Crippen LogP contribution in [0.1, 0.15) is 41.0 Å². The molecule has 0 unspecified atom stereocenters. The summed E-state index contributed by atoms with van der Waals surface area (Å²) in [4.78, 5) is 35.5. The Morgan fingerprint density at radius 2 is 1.88 bits per heavy atom. The summed E-state index contributed by atoms with van der Waals surface area (Å²) in [6, 6.07) is -1.54. The lowest BCUT2D eigenvalue weighted by atomic mass is 10.3.